The molecule has 1 aromatic rings. The number of hydrogen-bond donors (Lipinski definition) is 1. The minimum Gasteiger partial charge on any atom is -0.490 e. The standard InChI is InChI=1S/C51H57NO/c1-35-26-29-42(37-16-6-3-7-17-37)43(32-35)47-31-28-40(34-48(52-47)38-18-8-4-9-19-38)39-27-30-44(36(2)33-39)51(41-20-10-5-11-21-41)45-22-12-14-24-49(45)53-50-25-15-13-23-46(50)51/h4-5,8-14,16,18,20-23,29-31,34-36,38-39,43,47,49,52H,3,6-7,15,17,19,24-27,32-33H2,1-2H3. The van der Waals surface area contributed by atoms with Gasteiger partial charge in [0.25, 0.3) is 0 Å². The third kappa shape index (κ3) is 6.42. The molecule has 0 spiro atoms. The van der Waals surface area contributed by atoms with Crippen LogP contribution in [0.2, 0.25) is 0 Å². The maximum absolute atomic E-state index is 6.84. The molecule has 0 saturated carbocycles. The van der Waals surface area contributed by atoms with Gasteiger partial charge in [0.05, 0.1) is 11.5 Å². The first-order chi connectivity index (χ1) is 26.1. The number of rotatable bonds is 6. The van der Waals surface area contributed by atoms with Crippen molar-refractivity contribution in [2.24, 2.45) is 29.6 Å². The fourth-order valence-electron chi connectivity index (χ4n) is 11.0. The van der Waals surface area contributed by atoms with Gasteiger partial charge in [-0.05, 0) is 122 Å². The Morgan fingerprint density at radius 2 is 1.74 bits per heavy atom. The second-order valence-electron chi connectivity index (χ2n) is 17.0. The number of benzene rings is 1. The lowest BCUT2D eigenvalue weighted by atomic mass is 9.55. The van der Waals surface area contributed by atoms with Gasteiger partial charge in [0, 0.05) is 35.9 Å². The Kier molecular flexibility index (Phi) is 9.68. The second-order valence-corrected chi connectivity index (χ2v) is 17.0. The zero-order valence-electron chi connectivity index (χ0n) is 31.9. The molecule has 9 rings (SSSR count). The molecule has 272 valence electrons. The third-order valence-electron chi connectivity index (χ3n) is 13.6. The van der Waals surface area contributed by atoms with E-state index in [0.29, 0.717) is 29.6 Å². The second kappa shape index (κ2) is 14.9. The zero-order chi connectivity index (χ0) is 35.8. The predicted molar refractivity (Wildman–Crippen MR) is 220 cm³/mol. The van der Waals surface area contributed by atoms with Gasteiger partial charge in [0.15, 0.2) is 0 Å². The molecular weight excluding hydrogens is 643 g/mol. The van der Waals surface area contributed by atoms with E-state index in [2.05, 4.69) is 140 Å². The zero-order valence-corrected chi connectivity index (χ0v) is 31.9. The van der Waals surface area contributed by atoms with E-state index in [0.717, 1.165) is 38.5 Å². The van der Waals surface area contributed by atoms with Crippen LogP contribution in [0.15, 0.2) is 166 Å². The predicted octanol–water partition coefficient (Wildman–Crippen LogP) is 12.3. The quantitative estimate of drug-likeness (QED) is 0.236. The molecule has 6 aliphatic carbocycles. The van der Waals surface area contributed by atoms with Crippen LogP contribution in [-0.2, 0) is 10.2 Å². The molecule has 2 heterocycles. The van der Waals surface area contributed by atoms with Crippen LogP contribution in [0.5, 0.6) is 0 Å². The summed E-state index contributed by atoms with van der Waals surface area (Å²) in [6.07, 6.45) is 47.5. The smallest absolute Gasteiger partial charge is 0.125 e. The maximum Gasteiger partial charge on any atom is 0.125 e. The molecule has 1 N–H and O–H groups in total. The molecule has 0 radical (unpaired) electrons. The lowest BCUT2D eigenvalue weighted by Gasteiger charge is -2.51. The summed E-state index contributed by atoms with van der Waals surface area (Å²) in [5, 5.41) is 4.19. The molecule has 8 aliphatic rings. The Bertz CT molecular complexity index is 1980. The largest absolute Gasteiger partial charge is 0.490 e. The molecule has 0 fully saturated rings. The molecule has 1 aromatic carbocycles. The van der Waals surface area contributed by atoms with Crippen LogP contribution < -0.4 is 5.32 Å². The van der Waals surface area contributed by atoms with Crippen LogP contribution >= 0.6 is 0 Å². The number of nitrogens with one attached hydrogen (secondary N) is 1. The van der Waals surface area contributed by atoms with Crippen LogP contribution in [-0.4, -0.2) is 12.1 Å². The molecule has 8 unspecified atom stereocenters. The van der Waals surface area contributed by atoms with E-state index in [1.54, 1.807) is 16.7 Å². The van der Waals surface area contributed by atoms with E-state index >= 15 is 0 Å². The van der Waals surface area contributed by atoms with Crippen LogP contribution in [0.3, 0.4) is 0 Å². The van der Waals surface area contributed by atoms with Gasteiger partial charge in [-0.2, -0.15) is 0 Å². The summed E-state index contributed by atoms with van der Waals surface area (Å²) in [6, 6.07) is 11.6. The highest BCUT2D eigenvalue weighted by Gasteiger charge is 2.52. The minimum atomic E-state index is -0.305. The van der Waals surface area contributed by atoms with E-state index < -0.39 is 0 Å². The molecule has 0 bridgehead atoms. The van der Waals surface area contributed by atoms with E-state index in [-0.39, 0.29) is 17.6 Å². The van der Waals surface area contributed by atoms with Crippen LogP contribution in [0, 0.1) is 29.6 Å². The van der Waals surface area contributed by atoms with Crippen molar-refractivity contribution in [2.45, 2.75) is 108 Å². The SMILES string of the molecule is CC1CC=C(C2=CCCCC2)C(C2C=C=C(C3CC=C(C4(c5ccccc5)C5=CC=CCC5OC5=C4C=CCC5)C(C)C3)C=C(C3C=CC=CC3)N2)C1. The van der Waals surface area contributed by atoms with Gasteiger partial charge in [-0.25, -0.2) is 0 Å². The Morgan fingerprint density at radius 1 is 0.830 bits per heavy atom. The third-order valence-corrected chi connectivity index (χ3v) is 13.6. The highest BCUT2D eigenvalue weighted by atomic mass is 16.5. The summed E-state index contributed by atoms with van der Waals surface area (Å²) in [5.74, 6) is 3.57. The molecule has 0 aromatic heterocycles. The number of allylic oxidation sites excluding steroid dienone is 16. The monoisotopic (exact) mass is 699 g/mol. The van der Waals surface area contributed by atoms with Gasteiger partial charge in [-0.1, -0.05) is 123 Å². The van der Waals surface area contributed by atoms with Crippen molar-refractivity contribution in [1.82, 2.24) is 5.32 Å². The molecule has 0 saturated heterocycles. The van der Waals surface area contributed by atoms with Gasteiger partial charge in [0.2, 0.25) is 0 Å². The first-order valence-corrected chi connectivity index (χ1v) is 21.0. The molecule has 2 nitrogen and oxygen atoms in total. The fraction of sp³-hybridized carbons (Fsp3) is 0.431. The van der Waals surface area contributed by atoms with Crippen molar-refractivity contribution < 1.29 is 4.74 Å². The van der Waals surface area contributed by atoms with Gasteiger partial charge < -0.3 is 10.1 Å². The lowest BCUT2D eigenvalue weighted by Crippen LogP contribution is -2.46. The van der Waals surface area contributed by atoms with Crippen molar-refractivity contribution in [3.05, 3.63) is 172 Å². The van der Waals surface area contributed by atoms with Gasteiger partial charge in [-0.3, -0.25) is 0 Å². The summed E-state index contributed by atoms with van der Waals surface area (Å²) in [6.45, 7) is 4.94. The normalized spacial score (nSPS) is 34.9. The van der Waals surface area contributed by atoms with E-state index in [9.17, 15) is 0 Å². The number of fused-ring (bicyclic) bond motifs is 1. The molecule has 2 heteroatoms. The Labute approximate surface area is 318 Å². The first kappa shape index (κ1) is 34.5. The average Bonchev–Trinajstić information content (AvgIpc) is 3.45. The van der Waals surface area contributed by atoms with Crippen molar-refractivity contribution in [1.29, 1.82) is 0 Å². The fourth-order valence-corrected chi connectivity index (χ4v) is 11.0. The van der Waals surface area contributed by atoms with Gasteiger partial charge in [0.1, 0.15) is 11.9 Å². The van der Waals surface area contributed by atoms with Crippen LogP contribution in [0.25, 0.3) is 0 Å². The Hall–Kier alpha value is -4.26. The number of hydrogen-bond acceptors (Lipinski definition) is 2. The van der Waals surface area contributed by atoms with E-state index in [1.807, 2.05) is 0 Å². The molecule has 0 amide bonds. The molecule has 8 atom stereocenters. The minimum absolute atomic E-state index is 0.0840. The molecular formula is C51H57NO. The summed E-state index contributed by atoms with van der Waals surface area (Å²) < 4.78 is 6.84. The van der Waals surface area contributed by atoms with E-state index in [1.165, 1.54) is 72.3 Å². The average molecular weight is 700 g/mol. The van der Waals surface area contributed by atoms with Gasteiger partial charge in [-0.15, -0.1) is 5.73 Å². The van der Waals surface area contributed by atoms with Crippen molar-refractivity contribution in [2.75, 3.05) is 0 Å². The summed E-state index contributed by atoms with van der Waals surface area (Å²) >= 11 is 0. The topological polar surface area (TPSA) is 21.3 Å². The van der Waals surface area contributed by atoms with Crippen LogP contribution in [0.1, 0.15) is 96.5 Å². The van der Waals surface area contributed by atoms with Gasteiger partial charge >= 0.3 is 0 Å². The Balaban J connectivity index is 1.12. The first-order valence-electron chi connectivity index (χ1n) is 21.0. The highest BCUT2D eigenvalue weighted by Crippen LogP contribution is 2.58. The van der Waals surface area contributed by atoms with Crippen molar-refractivity contribution >= 4 is 0 Å². The number of ether oxygens (including phenoxy) is 1. The lowest BCUT2D eigenvalue weighted by molar-refractivity contribution is 0.108. The van der Waals surface area contributed by atoms with Crippen molar-refractivity contribution in [3.8, 4) is 0 Å². The summed E-state index contributed by atoms with van der Waals surface area (Å²) in [4.78, 5) is 0. The summed E-state index contributed by atoms with van der Waals surface area (Å²) in [5.41, 5.74) is 15.4. The Morgan fingerprint density at radius 3 is 2.57 bits per heavy atom. The van der Waals surface area contributed by atoms with E-state index in [4.69, 9.17) is 4.74 Å². The highest BCUT2D eigenvalue weighted by molar-refractivity contribution is 5.65. The van der Waals surface area contributed by atoms with Crippen molar-refractivity contribution in [3.63, 3.8) is 0 Å². The summed E-state index contributed by atoms with van der Waals surface area (Å²) in [7, 11) is 0. The molecule has 2 aliphatic heterocycles. The van der Waals surface area contributed by atoms with Crippen LogP contribution in [0.4, 0.5) is 0 Å². The maximum atomic E-state index is 6.84. The molecule has 53 heavy (non-hydrogen) atoms.